The van der Waals surface area contributed by atoms with Crippen LogP contribution in [0.5, 0.6) is 0 Å². The predicted molar refractivity (Wildman–Crippen MR) is 141 cm³/mol. The number of hydrogen-bond acceptors (Lipinski definition) is 7. The summed E-state index contributed by atoms with van der Waals surface area (Å²) in [6.45, 7) is 5.90. The van der Waals surface area contributed by atoms with E-state index in [1.807, 2.05) is 18.2 Å². The van der Waals surface area contributed by atoms with Crippen LogP contribution in [0.15, 0.2) is 54.6 Å². The fourth-order valence-corrected chi connectivity index (χ4v) is 4.93. The molecule has 0 radical (unpaired) electrons. The molecule has 2 aromatic carbocycles. The highest BCUT2D eigenvalue weighted by molar-refractivity contribution is 8.13. The van der Waals surface area contributed by atoms with Crippen LogP contribution in [-0.2, 0) is 25.5 Å². The summed E-state index contributed by atoms with van der Waals surface area (Å²) in [5.74, 6) is -0.402. The van der Waals surface area contributed by atoms with Crippen LogP contribution in [0.25, 0.3) is 0 Å². The number of carbonyl (C=O) groups is 4. The lowest BCUT2D eigenvalue weighted by Gasteiger charge is -2.27. The fourth-order valence-electron chi connectivity index (χ4n) is 4.15. The number of thioether (sulfide) groups is 1. The van der Waals surface area contributed by atoms with Crippen molar-refractivity contribution >= 4 is 34.5 Å². The predicted octanol–water partition coefficient (Wildman–Crippen LogP) is 3.77. The van der Waals surface area contributed by atoms with Gasteiger partial charge >= 0.3 is 5.97 Å². The second kappa shape index (κ2) is 12.3. The van der Waals surface area contributed by atoms with E-state index in [9.17, 15) is 19.2 Å². The number of carbonyl (C=O) groups excluding carboxylic acids is 4. The number of nitrogens with two attached hydrogens (primary N) is 1. The lowest BCUT2D eigenvalue weighted by atomic mass is 9.95. The van der Waals surface area contributed by atoms with Crippen LogP contribution in [0.3, 0.4) is 0 Å². The summed E-state index contributed by atoms with van der Waals surface area (Å²) in [5, 5.41) is -0.241. The van der Waals surface area contributed by atoms with Crippen LogP contribution >= 0.6 is 11.8 Å². The van der Waals surface area contributed by atoms with Crippen molar-refractivity contribution in [3.63, 3.8) is 0 Å². The smallest absolute Gasteiger partial charge is 0.329 e. The van der Waals surface area contributed by atoms with E-state index in [2.05, 4.69) is 0 Å². The Bertz CT molecular complexity index is 1100. The summed E-state index contributed by atoms with van der Waals surface area (Å²) in [5.41, 5.74) is 7.37. The lowest BCUT2D eigenvalue weighted by Crippen LogP contribution is -2.43. The zero-order valence-corrected chi connectivity index (χ0v) is 21.9. The molecule has 36 heavy (non-hydrogen) atoms. The molecular weight excluding hydrogens is 476 g/mol. The molecule has 1 amide bonds. The molecule has 1 heterocycles. The van der Waals surface area contributed by atoms with E-state index in [-0.39, 0.29) is 41.4 Å². The monoisotopic (exact) mass is 510 g/mol. The van der Waals surface area contributed by atoms with Gasteiger partial charge in [-0.3, -0.25) is 14.4 Å². The van der Waals surface area contributed by atoms with Gasteiger partial charge in [-0.2, -0.15) is 0 Å². The van der Waals surface area contributed by atoms with Crippen LogP contribution in [0, 0.1) is 0 Å². The first kappa shape index (κ1) is 27.6. The Balaban J connectivity index is 1.52. The Morgan fingerprint density at radius 3 is 2.42 bits per heavy atom. The van der Waals surface area contributed by atoms with Gasteiger partial charge in [0.1, 0.15) is 11.6 Å². The summed E-state index contributed by atoms with van der Waals surface area (Å²) in [6.07, 6.45) is 1.68. The molecule has 7 nitrogen and oxygen atoms in total. The number of ketones is 1. The average Bonchev–Trinajstić information content (AvgIpc) is 3.34. The van der Waals surface area contributed by atoms with E-state index in [0.29, 0.717) is 29.7 Å². The van der Waals surface area contributed by atoms with Crippen LogP contribution in [0.4, 0.5) is 0 Å². The zero-order valence-electron chi connectivity index (χ0n) is 21.1. The standard InChI is InChI=1S/C28H34N2O5S/c1-28(2,3)35-26(33)23-14-9-16-30(23)24(31)15-17-36-27(34)22(29)18-20-12-7-8-13-21(20)25(32)19-10-5-4-6-11-19/h4-8,10-13,22-23H,9,14-18,29H2,1-3H3/t22-,23-/m0/s1. The lowest BCUT2D eigenvalue weighted by molar-refractivity contribution is -0.163. The van der Waals surface area contributed by atoms with Crippen LogP contribution < -0.4 is 5.73 Å². The van der Waals surface area contributed by atoms with Crippen molar-refractivity contribution in [2.75, 3.05) is 12.3 Å². The molecule has 0 spiro atoms. The molecule has 8 heteroatoms. The molecule has 1 aliphatic heterocycles. The number of likely N-dealkylation sites (tertiary alicyclic amines) is 1. The summed E-state index contributed by atoms with van der Waals surface area (Å²) < 4.78 is 5.45. The Morgan fingerprint density at radius 2 is 1.72 bits per heavy atom. The van der Waals surface area contributed by atoms with Crippen molar-refractivity contribution in [3.8, 4) is 0 Å². The van der Waals surface area contributed by atoms with Gasteiger partial charge in [0.2, 0.25) is 11.0 Å². The molecule has 2 N–H and O–H groups in total. The maximum atomic E-state index is 12.9. The van der Waals surface area contributed by atoms with Crippen molar-refractivity contribution in [1.29, 1.82) is 0 Å². The molecule has 3 rings (SSSR count). The van der Waals surface area contributed by atoms with Gasteiger partial charge in [-0.25, -0.2) is 4.79 Å². The minimum atomic E-state index is -0.809. The highest BCUT2D eigenvalue weighted by Gasteiger charge is 2.36. The average molecular weight is 511 g/mol. The molecule has 1 aliphatic rings. The number of benzene rings is 2. The van der Waals surface area contributed by atoms with Crippen LogP contribution in [0.1, 0.15) is 61.5 Å². The third-order valence-electron chi connectivity index (χ3n) is 5.85. The molecule has 0 unspecified atom stereocenters. The fraction of sp³-hybridized carbons (Fsp3) is 0.429. The van der Waals surface area contributed by atoms with Gasteiger partial charge in [-0.15, -0.1) is 0 Å². The summed E-state index contributed by atoms with van der Waals surface area (Å²) in [4.78, 5) is 52.4. The van der Waals surface area contributed by atoms with E-state index in [1.54, 1.807) is 62.1 Å². The van der Waals surface area contributed by atoms with Crippen molar-refractivity contribution < 1.29 is 23.9 Å². The van der Waals surface area contributed by atoms with Crippen molar-refractivity contribution in [3.05, 3.63) is 71.3 Å². The van der Waals surface area contributed by atoms with E-state index in [0.717, 1.165) is 18.2 Å². The first-order chi connectivity index (χ1) is 17.1. The zero-order chi connectivity index (χ0) is 26.3. The first-order valence-corrected chi connectivity index (χ1v) is 13.2. The van der Waals surface area contributed by atoms with Crippen molar-refractivity contribution in [1.82, 2.24) is 4.90 Å². The minimum absolute atomic E-state index is 0.116. The normalized spacial score (nSPS) is 16.4. The second-order valence-electron chi connectivity index (χ2n) is 9.86. The van der Waals surface area contributed by atoms with Gasteiger partial charge in [-0.1, -0.05) is 66.4 Å². The number of esters is 1. The van der Waals surface area contributed by atoms with Crippen molar-refractivity contribution in [2.24, 2.45) is 5.73 Å². The summed E-state index contributed by atoms with van der Waals surface area (Å²) in [6, 6.07) is 14.7. The molecule has 0 aliphatic carbocycles. The molecule has 2 atom stereocenters. The number of amides is 1. The van der Waals surface area contributed by atoms with E-state index in [4.69, 9.17) is 10.5 Å². The third kappa shape index (κ3) is 7.51. The molecule has 2 aromatic rings. The van der Waals surface area contributed by atoms with E-state index < -0.39 is 17.7 Å². The SMILES string of the molecule is CC(C)(C)OC(=O)[C@@H]1CCCN1C(=O)CCSC(=O)[C@@H](N)Cc1ccccc1C(=O)c1ccccc1. The molecule has 0 bridgehead atoms. The number of nitrogens with zero attached hydrogens (tertiary/aromatic N) is 1. The molecule has 192 valence electrons. The van der Waals surface area contributed by atoms with Gasteiger partial charge in [0, 0.05) is 29.8 Å². The van der Waals surface area contributed by atoms with Gasteiger partial charge in [0.05, 0.1) is 6.04 Å². The third-order valence-corrected chi connectivity index (χ3v) is 6.85. The van der Waals surface area contributed by atoms with Gasteiger partial charge in [-0.05, 0) is 45.6 Å². The Hall–Kier alpha value is -2.97. The van der Waals surface area contributed by atoms with E-state index >= 15 is 0 Å². The second-order valence-corrected chi connectivity index (χ2v) is 11.0. The van der Waals surface area contributed by atoms with Gasteiger partial charge < -0.3 is 15.4 Å². The maximum absolute atomic E-state index is 12.9. The quantitative estimate of drug-likeness (QED) is 0.404. The Labute approximate surface area is 216 Å². The Kier molecular flexibility index (Phi) is 9.45. The van der Waals surface area contributed by atoms with Crippen LogP contribution in [-0.4, -0.2) is 57.7 Å². The van der Waals surface area contributed by atoms with Crippen LogP contribution in [0.2, 0.25) is 0 Å². The van der Waals surface area contributed by atoms with Gasteiger partial charge in [0.25, 0.3) is 0 Å². The number of rotatable bonds is 9. The van der Waals surface area contributed by atoms with Crippen molar-refractivity contribution in [2.45, 2.75) is 64.1 Å². The molecule has 0 saturated carbocycles. The number of hydrogen-bond donors (Lipinski definition) is 1. The molecule has 0 aromatic heterocycles. The summed E-state index contributed by atoms with van der Waals surface area (Å²) in [7, 11) is 0. The molecule has 1 fully saturated rings. The minimum Gasteiger partial charge on any atom is -0.458 e. The highest BCUT2D eigenvalue weighted by Crippen LogP contribution is 2.23. The van der Waals surface area contributed by atoms with Gasteiger partial charge in [0.15, 0.2) is 5.78 Å². The first-order valence-electron chi connectivity index (χ1n) is 12.2. The Morgan fingerprint density at radius 1 is 1.06 bits per heavy atom. The highest BCUT2D eigenvalue weighted by atomic mass is 32.2. The molecular formula is C28H34N2O5S. The van der Waals surface area contributed by atoms with E-state index in [1.165, 1.54) is 0 Å². The number of ether oxygens (including phenoxy) is 1. The summed E-state index contributed by atoms with van der Waals surface area (Å²) >= 11 is 1.01. The molecule has 1 saturated heterocycles. The topological polar surface area (TPSA) is 107 Å². The largest absolute Gasteiger partial charge is 0.458 e. The maximum Gasteiger partial charge on any atom is 0.329 e.